The summed E-state index contributed by atoms with van der Waals surface area (Å²) in [5.41, 5.74) is 3.09. The van der Waals surface area contributed by atoms with E-state index in [2.05, 4.69) is 21.2 Å². The van der Waals surface area contributed by atoms with Gasteiger partial charge in [-0.2, -0.15) is 0 Å². The van der Waals surface area contributed by atoms with Crippen molar-refractivity contribution in [3.8, 4) is 0 Å². The number of halogens is 1. The number of amides is 1. The van der Waals surface area contributed by atoms with Crippen molar-refractivity contribution in [2.45, 2.75) is 19.4 Å². The molecule has 0 heterocycles. The molecule has 0 aromatic heterocycles. The molecule has 0 radical (unpaired) electrons. The molecule has 0 unspecified atom stereocenters. The zero-order valence-electron chi connectivity index (χ0n) is 15.0. The molecule has 27 heavy (non-hydrogen) atoms. The van der Waals surface area contributed by atoms with Gasteiger partial charge in [-0.25, -0.2) is 0 Å². The van der Waals surface area contributed by atoms with Crippen molar-refractivity contribution in [2.24, 2.45) is 0 Å². The van der Waals surface area contributed by atoms with E-state index in [1.165, 1.54) is 0 Å². The molecule has 3 nitrogen and oxygen atoms in total. The third-order valence-corrected chi connectivity index (χ3v) is 4.99. The summed E-state index contributed by atoms with van der Waals surface area (Å²) in [6.07, 6.45) is 0. The van der Waals surface area contributed by atoms with E-state index in [0.29, 0.717) is 17.7 Å². The highest BCUT2D eigenvalue weighted by molar-refractivity contribution is 9.10. The second-order valence-corrected chi connectivity index (χ2v) is 7.30. The van der Waals surface area contributed by atoms with Crippen molar-refractivity contribution >= 4 is 27.6 Å². The molecule has 0 spiro atoms. The number of carbonyl (C=O) groups excluding carboxylic acids is 2. The first-order valence-electron chi connectivity index (χ1n) is 8.76. The normalized spacial score (nSPS) is 11.6. The lowest BCUT2D eigenvalue weighted by molar-refractivity contribution is -0.122. The van der Waals surface area contributed by atoms with Gasteiger partial charge in [-0.3, -0.25) is 9.59 Å². The quantitative estimate of drug-likeness (QED) is 0.562. The van der Waals surface area contributed by atoms with Gasteiger partial charge >= 0.3 is 0 Å². The summed E-state index contributed by atoms with van der Waals surface area (Å²) in [5, 5.41) is 2.96. The molecule has 1 atom stereocenters. The van der Waals surface area contributed by atoms with E-state index in [4.69, 9.17) is 0 Å². The number of ketones is 1. The van der Waals surface area contributed by atoms with Crippen LogP contribution in [-0.4, -0.2) is 11.7 Å². The molecule has 0 saturated carbocycles. The standard InChI is InChI=1S/C23H20BrNO2/c1-16(23(27)25-15-17-10-12-21(24)13-11-17)19-8-5-9-20(14-19)22(26)18-6-3-2-4-7-18/h2-14,16H,15H2,1H3,(H,25,27)/t16-/m1/s1. The van der Waals surface area contributed by atoms with E-state index < -0.39 is 0 Å². The van der Waals surface area contributed by atoms with Gasteiger partial charge in [0.25, 0.3) is 0 Å². The minimum atomic E-state index is -0.344. The molecule has 0 aliphatic carbocycles. The predicted molar refractivity (Wildman–Crippen MR) is 111 cm³/mol. The Kier molecular flexibility index (Phi) is 6.20. The summed E-state index contributed by atoms with van der Waals surface area (Å²) < 4.78 is 1.01. The number of hydrogen-bond acceptors (Lipinski definition) is 2. The van der Waals surface area contributed by atoms with E-state index >= 15 is 0 Å². The third-order valence-electron chi connectivity index (χ3n) is 4.46. The first-order chi connectivity index (χ1) is 13.0. The van der Waals surface area contributed by atoms with Gasteiger partial charge < -0.3 is 5.32 Å². The van der Waals surface area contributed by atoms with Crippen LogP contribution in [0, 0.1) is 0 Å². The maximum Gasteiger partial charge on any atom is 0.227 e. The van der Waals surface area contributed by atoms with Gasteiger partial charge in [-0.05, 0) is 36.2 Å². The Morgan fingerprint density at radius 2 is 1.56 bits per heavy atom. The number of hydrogen-bond donors (Lipinski definition) is 1. The first-order valence-corrected chi connectivity index (χ1v) is 9.56. The predicted octanol–water partition coefficient (Wildman–Crippen LogP) is 5.10. The molecule has 4 heteroatoms. The maximum absolute atomic E-state index is 12.6. The van der Waals surface area contributed by atoms with Crippen LogP contribution < -0.4 is 5.32 Å². The van der Waals surface area contributed by atoms with Crippen molar-refractivity contribution in [1.29, 1.82) is 0 Å². The van der Waals surface area contributed by atoms with Gasteiger partial charge in [0.05, 0.1) is 5.92 Å². The Balaban J connectivity index is 1.69. The van der Waals surface area contributed by atoms with E-state index in [-0.39, 0.29) is 17.6 Å². The van der Waals surface area contributed by atoms with Crippen LogP contribution in [0.15, 0.2) is 83.3 Å². The van der Waals surface area contributed by atoms with Crippen molar-refractivity contribution in [3.63, 3.8) is 0 Å². The Bertz CT molecular complexity index is 936. The fourth-order valence-corrected chi connectivity index (χ4v) is 3.07. The summed E-state index contributed by atoms with van der Waals surface area (Å²) >= 11 is 3.40. The van der Waals surface area contributed by atoms with Crippen LogP contribution in [-0.2, 0) is 11.3 Å². The van der Waals surface area contributed by atoms with Gasteiger partial charge in [0.1, 0.15) is 0 Å². The highest BCUT2D eigenvalue weighted by atomic mass is 79.9. The lowest BCUT2D eigenvalue weighted by Gasteiger charge is -2.14. The molecule has 0 aliphatic rings. The number of benzene rings is 3. The molecule has 0 aliphatic heterocycles. The topological polar surface area (TPSA) is 46.2 Å². The second kappa shape index (κ2) is 8.78. The molecule has 0 bridgehead atoms. The molecule has 0 fully saturated rings. The van der Waals surface area contributed by atoms with E-state index in [1.807, 2.05) is 61.5 Å². The Morgan fingerprint density at radius 1 is 0.889 bits per heavy atom. The number of carbonyl (C=O) groups is 2. The summed E-state index contributed by atoms with van der Waals surface area (Å²) in [4.78, 5) is 25.2. The van der Waals surface area contributed by atoms with Crippen molar-refractivity contribution in [3.05, 3.63) is 106 Å². The molecule has 136 valence electrons. The van der Waals surface area contributed by atoms with Crippen LogP contribution >= 0.6 is 15.9 Å². The minimum Gasteiger partial charge on any atom is -0.352 e. The van der Waals surface area contributed by atoms with Gasteiger partial charge in [0.2, 0.25) is 5.91 Å². The van der Waals surface area contributed by atoms with E-state index in [9.17, 15) is 9.59 Å². The zero-order valence-corrected chi connectivity index (χ0v) is 16.6. The van der Waals surface area contributed by atoms with Crippen LogP contribution in [0.25, 0.3) is 0 Å². The highest BCUT2D eigenvalue weighted by Crippen LogP contribution is 2.19. The highest BCUT2D eigenvalue weighted by Gasteiger charge is 2.17. The van der Waals surface area contributed by atoms with Crippen LogP contribution in [0.2, 0.25) is 0 Å². The molecular weight excluding hydrogens is 402 g/mol. The third kappa shape index (κ3) is 4.92. The van der Waals surface area contributed by atoms with E-state index in [1.54, 1.807) is 24.3 Å². The SMILES string of the molecule is C[C@@H](C(=O)NCc1ccc(Br)cc1)c1cccc(C(=O)c2ccccc2)c1. The monoisotopic (exact) mass is 421 g/mol. The zero-order chi connectivity index (χ0) is 19.2. The molecule has 3 aromatic rings. The molecule has 1 amide bonds. The molecule has 0 saturated heterocycles. The van der Waals surface area contributed by atoms with E-state index in [0.717, 1.165) is 15.6 Å². The average Bonchev–Trinajstić information content (AvgIpc) is 2.72. The van der Waals surface area contributed by atoms with Gasteiger partial charge in [-0.15, -0.1) is 0 Å². The molecule has 3 aromatic carbocycles. The summed E-state index contributed by atoms with van der Waals surface area (Å²) in [6.45, 7) is 2.32. The van der Waals surface area contributed by atoms with Crippen LogP contribution in [0.3, 0.4) is 0 Å². The van der Waals surface area contributed by atoms with Crippen LogP contribution in [0.5, 0.6) is 0 Å². The fraction of sp³-hybridized carbons (Fsp3) is 0.130. The van der Waals surface area contributed by atoms with Gasteiger partial charge in [0.15, 0.2) is 5.78 Å². The van der Waals surface area contributed by atoms with Gasteiger partial charge in [0, 0.05) is 22.1 Å². The summed E-state index contributed by atoms with van der Waals surface area (Å²) in [5.74, 6) is -0.453. The minimum absolute atomic E-state index is 0.0417. The van der Waals surface area contributed by atoms with Crippen molar-refractivity contribution in [2.75, 3.05) is 0 Å². The lowest BCUT2D eigenvalue weighted by atomic mass is 9.95. The van der Waals surface area contributed by atoms with Crippen LogP contribution in [0.4, 0.5) is 0 Å². The number of rotatable bonds is 6. The smallest absolute Gasteiger partial charge is 0.227 e. The van der Waals surface area contributed by atoms with Crippen LogP contribution in [0.1, 0.15) is 39.9 Å². The summed E-state index contributed by atoms with van der Waals surface area (Å²) in [6, 6.07) is 24.3. The average molecular weight is 422 g/mol. The number of nitrogens with one attached hydrogen (secondary N) is 1. The van der Waals surface area contributed by atoms with Gasteiger partial charge in [-0.1, -0.05) is 76.6 Å². The largest absolute Gasteiger partial charge is 0.352 e. The molecular formula is C23H20BrNO2. The first kappa shape index (κ1) is 19.1. The molecule has 3 rings (SSSR count). The maximum atomic E-state index is 12.6. The second-order valence-electron chi connectivity index (χ2n) is 6.39. The Hall–Kier alpha value is -2.72. The summed E-state index contributed by atoms with van der Waals surface area (Å²) in [7, 11) is 0. The fourth-order valence-electron chi connectivity index (χ4n) is 2.80. The Morgan fingerprint density at radius 3 is 2.26 bits per heavy atom. The van der Waals surface area contributed by atoms with Crippen molar-refractivity contribution < 1.29 is 9.59 Å². The Labute approximate surface area is 167 Å². The molecule has 1 N–H and O–H groups in total. The lowest BCUT2D eigenvalue weighted by Crippen LogP contribution is -2.27. The van der Waals surface area contributed by atoms with Crippen molar-refractivity contribution in [1.82, 2.24) is 5.32 Å².